The maximum atomic E-state index is 13.9. The van der Waals surface area contributed by atoms with Gasteiger partial charge in [-0.15, -0.1) is 0 Å². The summed E-state index contributed by atoms with van der Waals surface area (Å²) in [5.41, 5.74) is 5.82. The number of aromatic nitrogens is 1. The first-order valence-electron chi connectivity index (χ1n) is 11.6. The van der Waals surface area contributed by atoms with Gasteiger partial charge >= 0.3 is 0 Å². The Morgan fingerprint density at radius 3 is 2.53 bits per heavy atom. The second kappa shape index (κ2) is 9.98. The fraction of sp³-hybridized carbons (Fsp3) is 0.241. The minimum Gasteiger partial charge on any atom is -0.349 e. The van der Waals surface area contributed by atoms with Crippen LogP contribution in [0.4, 0.5) is 4.39 Å². The number of rotatable bonds is 8. The van der Waals surface area contributed by atoms with E-state index in [1.165, 1.54) is 12.1 Å². The van der Waals surface area contributed by atoms with Crippen LogP contribution in [-0.2, 0) is 17.0 Å². The summed E-state index contributed by atoms with van der Waals surface area (Å²) in [6, 6.07) is 24.6. The Hall–Kier alpha value is -3.18. The van der Waals surface area contributed by atoms with E-state index in [0.717, 1.165) is 57.4 Å². The molecule has 5 heteroatoms. The van der Waals surface area contributed by atoms with Gasteiger partial charge < -0.3 is 5.32 Å². The molecule has 0 spiro atoms. The predicted molar refractivity (Wildman–Crippen MR) is 138 cm³/mol. The largest absolute Gasteiger partial charge is 0.349 e. The van der Waals surface area contributed by atoms with E-state index in [2.05, 4.69) is 29.8 Å². The Morgan fingerprint density at radius 2 is 1.79 bits per heavy atom. The molecule has 172 valence electrons. The van der Waals surface area contributed by atoms with Crippen molar-refractivity contribution in [2.45, 2.75) is 31.1 Å². The van der Waals surface area contributed by atoms with E-state index in [1.807, 2.05) is 42.5 Å². The molecule has 1 N–H and O–H groups in total. The van der Waals surface area contributed by atoms with Crippen molar-refractivity contribution in [2.24, 2.45) is 5.92 Å². The van der Waals surface area contributed by atoms with Crippen molar-refractivity contribution in [3.63, 3.8) is 0 Å². The van der Waals surface area contributed by atoms with E-state index >= 15 is 0 Å². The van der Waals surface area contributed by atoms with Gasteiger partial charge in [-0.1, -0.05) is 60.7 Å². The fourth-order valence-electron chi connectivity index (χ4n) is 4.64. The standard InChI is InChI=1S/C29H27FN2OS/c1-34-18-25-24(17-27(33)32-28(20-14-15-20)21-10-7-11-22(30)16-21)23-12-5-6-13-26(23)31-29(25)19-8-3-2-4-9-19/h2-13,16,20,28H,14-15,17-18H2,1H3,(H,32,33). The van der Waals surface area contributed by atoms with Crippen molar-refractivity contribution < 1.29 is 9.18 Å². The van der Waals surface area contributed by atoms with Crippen LogP contribution in [0.2, 0.25) is 0 Å². The third-order valence-electron chi connectivity index (χ3n) is 6.40. The number of fused-ring (bicyclic) bond motifs is 1. The first-order chi connectivity index (χ1) is 16.6. The summed E-state index contributed by atoms with van der Waals surface area (Å²) in [6.45, 7) is 0. The number of para-hydroxylation sites is 1. The molecule has 4 aromatic rings. The lowest BCUT2D eigenvalue weighted by Crippen LogP contribution is -2.31. The number of carbonyl (C=O) groups is 1. The topological polar surface area (TPSA) is 42.0 Å². The van der Waals surface area contributed by atoms with Gasteiger partial charge in [0.1, 0.15) is 5.82 Å². The third-order valence-corrected chi connectivity index (χ3v) is 6.98. The van der Waals surface area contributed by atoms with Crippen LogP contribution in [0.1, 0.15) is 35.6 Å². The lowest BCUT2D eigenvalue weighted by atomic mass is 9.95. The van der Waals surface area contributed by atoms with E-state index in [0.29, 0.717) is 5.92 Å². The first-order valence-corrected chi connectivity index (χ1v) is 13.0. The van der Waals surface area contributed by atoms with E-state index in [4.69, 9.17) is 4.98 Å². The molecule has 0 saturated heterocycles. The molecule has 1 saturated carbocycles. The third kappa shape index (κ3) is 4.85. The maximum absolute atomic E-state index is 13.9. The van der Waals surface area contributed by atoms with E-state index < -0.39 is 0 Å². The smallest absolute Gasteiger partial charge is 0.224 e. The molecule has 34 heavy (non-hydrogen) atoms. The summed E-state index contributed by atoms with van der Waals surface area (Å²) in [7, 11) is 0. The van der Waals surface area contributed by atoms with Gasteiger partial charge in [0.15, 0.2) is 0 Å². The van der Waals surface area contributed by atoms with Crippen LogP contribution in [0.25, 0.3) is 22.2 Å². The molecule has 0 bridgehead atoms. The highest BCUT2D eigenvalue weighted by atomic mass is 32.2. The molecule has 1 aliphatic rings. The first kappa shape index (κ1) is 22.6. The number of pyridine rings is 1. The second-order valence-corrected chi connectivity index (χ2v) is 9.71. The van der Waals surface area contributed by atoms with Crippen molar-refractivity contribution in [1.82, 2.24) is 10.3 Å². The molecular formula is C29H27FN2OS. The molecule has 1 fully saturated rings. The number of hydrogen-bond acceptors (Lipinski definition) is 3. The molecule has 5 rings (SSSR count). The van der Waals surface area contributed by atoms with E-state index in [1.54, 1.807) is 17.8 Å². The lowest BCUT2D eigenvalue weighted by Gasteiger charge is -2.21. The summed E-state index contributed by atoms with van der Waals surface area (Å²) in [5, 5.41) is 4.24. The van der Waals surface area contributed by atoms with Gasteiger partial charge in [-0.25, -0.2) is 9.37 Å². The lowest BCUT2D eigenvalue weighted by molar-refractivity contribution is -0.121. The number of nitrogens with zero attached hydrogens (tertiary/aromatic N) is 1. The summed E-state index contributed by atoms with van der Waals surface area (Å²) in [4.78, 5) is 18.4. The van der Waals surface area contributed by atoms with Crippen molar-refractivity contribution >= 4 is 28.6 Å². The van der Waals surface area contributed by atoms with Gasteiger partial charge in [0, 0.05) is 16.7 Å². The molecule has 3 aromatic carbocycles. The fourth-order valence-corrected chi connectivity index (χ4v) is 5.24. The molecule has 1 aromatic heterocycles. The quantitative estimate of drug-likeness (QED) is 0.311. The van der Waals surface area contributed by atoms with Gasteiger partial charge in [-0.2, -0.15) is 11.8 Å². The minimum absolute atomic E-state index is 0.0427. The highest BCUT2D eigenvalue weighted by molar-refractivity contribution is 7.97. The SMILES string of the molecule is CSCc1c(-c2ccccc2)nc2ccccc2c1CC(=O)NC(c1cccc(F)c1)C1CC1. The Kier molecular flexibility index (Phi) is 6.63. The van der Waals surface area contributed by atoms with Crippen LogP contribution in [0.15, 0.2) is 78.9 Å². The van der Waals surface area contributed by atoms with Gasteiger partial charge in [0.05, 0.1) is 23.7 Å². The normalized spacial score (nSPS) is 14.2. The average molecular weight is 471 g/mol. The Balaban J connectivity index is 1.53. The monoisotopic (exact) mass is 470 g/mol. The van der Waals surface area contributed by atoms with Crippen LogP contribution < -0.4 is 5.32 Å². The molecule has 1 amide bonds. The summed E-state index contributed by atoms with van der Waals surface area (Å²) in [5.74, 6) is 0.817. The molecular weight excluding hydrogens is 443 g/mol. The van der Waals surface area contributed by atoms with Gasteiger partial charge in [-0.3, -0.25) is 4.79 Å². The van der Waals surface area contributed by atoms with Crippen LogP contribution in [0, 0.1) is 11.7 Å². The number of nitrogens with one attached hydrogen (secondary N) is 1. The molecule has 0 radical (unpaired) electrons. The molecule has 1 atom stereocenters. The highest BCUT2D eigenvalue weighted by Gasteiger charge is 2.34. The van der Waals surface area contributed by atoms with Crippen LogP contribution in [-0.4, -0.2) is 17.1 Å². The summed E-state index contributed by atoms with van der Waals surface area (Å²) >= 11 is 1.73. The van der Waals surface area contributed by atoms with E-state index in [9.17, 15) is 9.18 Å². The van der Waals surface area contributed by atoms with E-state index in [-0.39, 0.29) is 24.2 Å². The van der Waals surface area contributed by atoms with Crippen molar-refractivity contribution in [3.05, 3.63) is 101 Å². The predicted octanol–water partition coefficient (Wildman–Crippen LogP) is 6.71. The number of hydrogen-bond donors (Lipinski definition) is 1. The van der Waals surface area contributed by atoms with Crippen LogP contribution >= 0.6 is 11.8 Å². The molecule has 1 heterocycles. The zero-order chi connectivity index (χ0) is 23.5. The van der Waals surface area contributed by atoms with Crippen molar-refractivity contribution in [3.8, 4) is 11.3 Å². The van der Waals surface area contributed by atoms with Crippen LogP contribution in [0.5, 0.6) is 0 Å². The highest BCUT2D eigenvalue weighted by Crippen LogP contribution is 2.41. The number of benzene rings is 3. The van der Waals surface area contributed by atoms with Gasteiger partial charge in [0.25, 0.3) is 0 Å². The van der Waals surface area contributed by atoms with Gasteiger partial charge in [0.2, 0.25) is 5.91 Å². The Morgan fingerprint density at radius 1 is 1.03 bits per heavy atom. The number of amides is 1. The van der Waals surface area contributed by atoms with Crippen molar-refractivity contribution in [1.29, 1.82) is 0 Å². The summed E-state index contributed by atoms with van der Waals surface area (Å²) in [6.07, 6.45) is 4.43. The molecule has 1 aliphatic carbocycles. The van der Waals surface area contributed by atoms with Gasteiger partial charge in [-0.05, 0) is 59.9 Å². The number of halogens is 1. The zero-order valence-electron chi connectivity index (χ0n) is 19.1. The average Bonchev–Trinajstić information content (AvgIpc) is 3.70. The Labute approximate surface area is 203 Å². The molecule has 1 unspecified atom stereocenters. The molecule has 3 nitrogen and oxygen atoms in total. The Bertz CT molecular complexity index is 1320. The number of carbonyl (C=O) groups excluding carboxylic acids is 1. The zero-order valence-corrected chi connectivity index (χ0v) is 19.9. The molecule has 0 aliphatic heterocycles. The van der Waals surface area contributed by atoms with Crippen molar-refractivity contribution in [2.75, 3.05) is 6.26 Å². The van der Waals surface area contributed by atoms with Crippen LogP contribution in [0.3, 0.4) is 0 Å². The second-order valence-electron chi connectivity index (χ2n) is 8.85. The number of thioether (sulfide) groups is 1. The summed E-state index contributed by atoms with van der Waals surface area (Å²) < 4.78 is 13.9. The maximum Gasteiger partial charge on any atom is 0.224 e. The minimum atomic E-state index is -0.271.